The normalized spacial score (nSPS) is 12.2. The lowest BCUT2D eigenvalue weighted by atomic mass is 10.2. The van der Waals surface area contributed by atoms with Crippen molar-refractivity contribution in [3.63, 3.8) is 0 Å². The molecule has 2 N–H and O–H groups in total. The predicted octanol–water partition coefficient (Wildman–Crippen LogP) is 1.19. The Labute approximate surface area is 92.8 Å². The van der Waals surface area contributed by atoms with Crippen molar-refractivity contribution in [2.45, 2.75) is 19.5 Å². The monoisotopic (exact) mass is 228 g/mol. The first-order chi connectivity index (χ1) is 7.54. The van der Waals surface area contributed by atoms with Gasteiger partial charge in [-0.15, -0.1) is 0 Å². The molecular weight excluding hydrogens is 214 g/mol. The summed E-state index contributed by atoms with van der Waals surface area (Å²) in [7, 11) is 1.54. The summed E-state index contributed by atoms with van der Waals surface area (Å²) in [5, 5.41) is 5.38. The number of likely N-dealkylation sites (N-methyl/N-ethyl adjacent to an activating group) is 1. The fourth-order valence-electron chi connectivity index (χ4n) is 1.23. The van der Waals surface area contributed by atoms with E-state index in [9.17, 15) is 13.6 Å². The Morgan fingerprint density at radius 3 is 2.62 bits per heavy atom. The topological polar surface area (TPSA) is 41.1 Å². The number of carbonyl (C=O) groups is 1. The second-order valence-electron chi connectivity index (χ2n) is 3.47. The predicted molar refractivity (Wildman–Crippen MR) is 56.7 cm³/mol. The number of halogens is 2. The Balaban J connectivity index is 2.55. The van der Waals surface area contributed by atoms with Crippen LogP contribution in [0.25, 0.3) is 0 Å². The maximum absolute atomic E-state index is 12.8. The molecule has 1 amide bonds. The quantitative estimate of drug-likeness (QED) is 0.812. The molecule has 1 aromatic rings. The van der Waals surface area contributed by atoms with Gasteiger partial charge in [0.15, 0.2) is 11.6 Å². The summed E-state index contributed by atoms with van der Waals surface area (Å²) in [6, 6.07) is 3.27. The van der Waals surface area contributed by atoms with Gasteiger partial charge in [0.1, 0.15) is 0 Å². The van der Waals surface area contributed by atoms with Gasteiger partial charge in [0.05, 0.1) is 6.04 Å². The highest BCUT2D eigenvalue weighted by Crippen LogP contribution is 2.08. The molecule has 0 aliphatic heterocycles. The van der Waals surface area contributed by atoms with Crippen LogP contribution in [-0.2, 0) is 11.3 Å². The van der Waals surface area contributed by atoms with Crippen molar-refractivity contribution in [3.8, 4) is 0 Å². The van der Waals surface area contributed by atoms with Crippen LogP contribution in [0.1, 0.15) is 12.5 Å². The SMILES string of the molecule is CNC(=O)[C@@H](C)NCc1ccc(F)c(F)c1. The number of nitrogens with one attached hydrogen (secondary N) is 2. The van der Waals surface area contributed by atoms with Gasteiger partial charge in [-0.25, -0.2) is 8.78 Å². The van der Waals surface area contributed by atoms with Gasteiger partial charge < -0.3 is 10.6 Å². The van der Waals surface area contributed by atoms with Gasteiger partial charge in [-0.3, -0.25) is 4.79 Å². The fraction of sp³-hybridized carbons (Fsp3) is 0.364. The van der Waals surface area contributed by atoms with Crippen LogP contribution in [0.4, 0.5) is 8.78 Å². The standard InChI is InChI=1S/C11H14F2N2O/c1-7(11(16)14-2)15-6-8-3-4-9(12)10(13)5-8/h3-5,7,15H,6H2,1-2H3,(H,14,16)/t7-/m1/s1. The van der Waals surface area contributed by atoms with Crippen molar-refractivity contribution in [3.05, 3.63) is 35.4 Å². The minimum absolute atomic E-state index is 0.150. The molecule has 5 heteroatoms. The van der Waals surface area contributed by atoms with Crippen LogP contribution in [0.2, 0.25) is 0 Å². The zero-order valence-corrected chi connectivity index (χ0v) is 9.18. The molecule has 1 aromatic carbocycles. The summed E-state index contributed by atoms with van der Waals surface area (Å²) in [6.07, 6.45) is 0. The lowest BCUT2D eigenvalue weighted by molar-refractivity contribution is -0.122. The lowest BCUT2D eigenvalue weighted by Gasteiger charge is -2.12. The molecule has 88 valence electrons. The third-order valence-corrected chi connectivity index (χ3v) is 2.24. The van der Waals surface area contributed by atoms with Crippen LogP contribution in [0.5, 0.6) is 0 Å². The van der Waals surface area contributed by atoms with E-state index < -0.39 is 11.6 Å². The van der Waals surface area contributed by atoms with Crippen LogP contribution in [0, 0.1) is 11.6 Å². The van der Waals surface area contributed by atoms with E-state index in [0.717, 1.165) is 12.1 Å². The van der Waals surface area contributed by atoms with Crippen molar-refractivity contribution in [2.75, 3.05) is 7.05 Å². The molecule has 1 rings (SSSR count). The summed E-state index contributed by atoms with van der Waals surface area (Å²) in [5.41, 5.74) is 0.592. The molecule has 0 saturated heterocycles. The number of hydrogen-bond donors (Lipinski definition) is 2. The van der Waals surface area contributed by atoms with Crippen LogP contribution in [0.3, 0.4) is 0 Å². The van der Waals surface area contributed by atoms with E-state index >= 15 is 0 Å². The maximum Gasteiger partial charge on any atom is 0.236 e. The molecule has 0 spiro atoms. The minimum Gasteiger partial charge on any atom is -0.358 e. The second-order valence-corrected chi connectivity index (χ2v) is 3.47. The number of carbonyl (C=O) groups excluding carboxylic acids is 1. The van der Waals surface area contributed by atoms with Crippen molar-refractivity contribution >= 4 is 5.91 Å². The number of rotatable bonds is 4. The molecule has 0 bridgehead atoms. The molecule has 0 aliphatic rings. The van der Waals surface area contributed by atoms with Gasteiger partial charge in [0.25, 0.3) is 0 Å². The van der Waals surface area contributed by atoms with Crippen molar-refractivity contribution in [1.29, 1.82) is 0 Å². The summed E-state index contributed by atoms with van der Waals surface area (Å²) in [5.74, 6) is -1.91. The van der Waals surface area contributed by atoms with E-state index in [1.54, 1.807) is 6.92 Å². The average molecular weight is 228 g/mol. The van der Waals surface area contributed by atoms with Crippen molar-refractivity contribution in [2.24, 2.45) is 0 Å². The van der Waals surface area contributed by atoms with Crippen molar-refractivity contribution in [1.82, 2.24) is 10.6 Å². The second kappa shape index (κ2) is 5.55. The van der Waals surface area contributed by atoms with Gasteiger partial charge in [0, 0.05) is 13.6 Å². The first-order valence-electron chi connectivity index (χ1n) is 4.93. The first kappa shape index (κ1) is 12.6. The highest BCUT2D eigenvalue weighted by atomic mass is 19.2. The molecule has 0 fully saturated rings. The number of hydrogen-bond acceptors (Lipinski definition) is 2. The van der Waals surface area contributed by atoms with E-state index in [-0.39, 0.29) is 11.9 Å². The van der Waals surface area contributed by atoms with Crippen molar-refractivity contribution < 1.29 is 13.6 Å². The Kier molecular flexibility index (Phi) is 4.37. The number of amides is 1. The van der Waals surface area contributed by atoms with Crippen LogP contribution in [-0.4, -0.2) is 19.0 Å². The molecule has 3 nitrogen and oxygen atoms in total. The van der Waals surface area contributed by atoms with Crippen LogP contribution >= 0.6 is 0 Å². The van der Waals surface area contributed by atoms with E-state index in [1.807, 2.05) is 0 Å². The molecule has 0 saturated carbocycles. The highest BCUT2D eigenvalue weighted by Gasteiger charge is 2.10. The maximum atomic E-state index is 12.8. The highest BCUT2D eigenvalue weighted by molar-refractivity contribution is 5.80. The molecular formula is C11H14F2N2O. The molecule has 0 unspecified atom stereocenters. The molecule has 16 heavy (non-hydrogen) atoms. The summed E-state index contributed by atoms with van der Waals surface area (Å²) < 4.78 is 25.5. The first-order valence-corrected chi connectivity index (χ1v) is 4.93. The molecule has 0 radical (unpaired) electrons. The van der Waals surface area contributed by atoms with Gasteiger partial charge in [-0.2, -0.15) is 0 Å². The van der Waals surface area contributed by atoms with Gasteiger partial charge in [-0.05, 0) is 24.6 Å². The average Bonchev–Trinajstić information content (AvgIpc) is 2.29. The Morgan fingerprint density at radius 1 is 1.38 bits per heavy atom. The summed E-state index contributed by atoms with van der Waals surface area (Å²) in [4.78, 5) is 11.1. The Morgan fingerprint density at radius 2 is 2.06 bits per heavy atom. The lowest BCUT2D eigenvalue weighted by Crippen LogP contribution is -2.40. The summed E-state index contributed by atoms with van der Waals surface area (Å²) >= 11 is 0. The Hall–Kier alpha value is -1.49. The zero-order valence-electron chi connectivity index (χ0n) is 9.18. The smallest absolute Gasteiger partial charge is 0.236 e. The largest absolute Gasteiger partial charge is 0.358 e. The van der Waals surface area contributed by atoms with Crippen LogP contribution in [0.15, 0.2) is 18.2 Å². The van der Waals surface area contributed by atoms with E-state index in [2.05, 4.69) is 10.6 Å². The number of benzene rings is 1. The minimum atomic E-state index is -0.883. The molecule has 1 atom stereocenters. The fourth-order valence-corrected chi connectivity index (χ4v) is 1.23. The van der Waals surface area contributed by atoms with Crippen LogP contribution < -0.4 is 10.6 Å². The van der Waals surface area contributed by atoms with Gasteiger partial charge >= 0.3 is 0 Å². The van der Waals surface area contributed by atoms with Gasteiger partial charge in [-0.1, -0.05) is 6.07 Å². The molecule has 0 heterocycles. The van der Waals surface area contributed by atoms with E-state index in [1.165, 1.54) is 13.1 Å². The third-order valence-electron chi connectivity index (χ3n) is 2.24. The van der Waals surface area contributed by atoms with E-state index in [4.69, 9.17) is 0 Å². The van der Waals surface area contributed by atoms with Gasteiger partial charge in [0.2, 0.25) is 5.91 Å². The molecule has 0 aliphatic carbocycles. The van der Waals surface area contributed by atoms with E-state index in [0.29, 0.717) is 12.1 Å². The zero-order chi connectivity index (χ0) is 12.1. The molecule has 0 aromatic heterocycles. The Bertz CT molecular complexity index is 382. The third kappa shape index (κ3) is 3.27. The summed E-state index contributed by atoms with van der Waals surface area (Å²) in [6.45, 7) is 2.00.